The van der Waals surface area contributed by atoms with Crippen LogP contribution in [0, 0.1) is 5.92 Å². The second-order valence-corrected chi connectivity index (χ2v) is 21.8. The largest absolute Gasteiger partial charge is 0.493 e. The number of anilines is 4. The predicted molar refractivity (Wildman–Crippen MR) is 285 cm³/mol. The summed E-state index contributed by atoms with van der Waals surface area (Å²) in [4.78, 5) is 37.3. The van der Waals surface area contributed by atoms with Crippen molar-refractivity contribution in [3.8, 4) is 23.0 Å². The van der Waals surface area contributed by atoms with Crippen molar-refractivity contribution in [2.24, 2.45) is 10.9 Å². The summed E-state index contributed by atoms with van der Waals surface area (Å²) in [7, 11) is 8.40. The monoisotopic (exact) mass is 1000 g/mol. The van der Waals surface area contributed by atoms with Gasteiger partial charge in [-0.25, -0.2) is 0 Å². The molecule has 0 unspecified atom stereocenters. The van der Waals surface area contributed by atoms with E-state index in [2.05, 4.69) is 66.0 Å². The van der Waals surface area contributed by atoms with E-state index in [1.807, 2.05) is 64.2 Å². The highest BCUT2D eigenvalue weighted by Crippen LogP contribution is 2.43. The minimum Gasteiger partial charge on any atom is -0.493 e. The van der Waals surface area contributed by atoms with Gasteiger partial charge in [0.05, 0.1) is 75.8 Å². The number of hydrogen-bond acceptors (Lipinski definition) is 14. The first kappa shape index (κ1) is 50.0. The fourth-order valence-electron chi connectivity index (χ4n) is 9.52. The molecule has 2 amide bonds. The van der Waals surface area contributed by atoms with Crippen molar-refractivity contribution in [1.82, 2.24) is 0 Å². The Bertz CT molecular complexity index is 2770. The van der Waals surface area contributed by atoms with E-state index in [4.69, 9.17) is 38.2 Å². The summed E-state index contributed by atoms with van der Waals surface area (Å²) in [6, 6.07) is 29.6. The van der Waals surface area contributed by atoms with E-state index in [0.717, 1.165) is 65.3 Å². The number of amides is 2. The molecular formula is C55H63N5O9S2. The van der Waals surface area contributed by atoms with E-state index in [-0.39, 0.29) is 35.8 Å². The van der Waals surface area contributed by atoms with Gasteiger partial charge < -0.3 is 53.6 Å². The number of methoxy groups -OCH3 is 3. The van der Waals surface area contributed by atoms with Crippen LogP contribution in [0.25, 0.3) is 0 Å². The summed E-state index contributed by atoms with van der Waals surface area (Å²) in [5, 5.41) is 6.67. The molecule has 0 bridgehead atoms. The number of para-hydroxylation sites is 2. The molecule has 374 valence electrons. The van der Waals surface area contributed by atoms with Gasteiger partial charge >= 0.3 is 0 Å². The summed E-state index contributed by atoms with van der Waals surface area (Å²) < 4.78 is 41.9. The van der Waals surface area contributed by atoms with Gasteiger partial charge in [-0.3, -0.25) is 14.6 Å². The molecule has 1 saturated carbocycles. The Kier molecular flexibility index (Phi) is 16.0. The molecule has 1 aliphatic carbocycles. The van der Waals surface area contributed by atoms with Crippen molar-refractivity contribution in [2.45, 2.75) is 57.1 Å². The van der Waals surface area contributed by atoms with Crippen LogP contribution in [0.1, 0.15) is 63.2 Å². The smallest absolute Gasteiger partial charge is 0.260 e. The third kappa shape index (κ3) is 11.9. The van der Waals surface area contributed by atoms with Crippen LogP contribution in [-0.4, -0.2) is 109 Å². The van der Waals surface area contributed by atoms with Crippen LogP contribution >= 0.6 is 21.6 Å². The topological polar surface area (TPSA) is 142 Å². The van der Waals surface area contributed by atoms with E-state index in [0.29, 0.717) is 97.5 Å². The second kappa shape index (κ2) is 22.7. The number of benzene rings is 5. The molecule has 14 nitrogen and oxygen atoms in total. The molecule has 2 atom stereocenters. The Morgan fingerprint density at radius 1 is 0.732 bits per heavy atom. The van der Waals surface area contributed by atoms with E-state index in [1.54, 1.807) is 44.3 Å². The molecular weight excluding hydrogens is 939 g/mol. The lowest BCUT2D eigenvalue weighted by atomic mass is 10.0. The molecule has 0 aromatic heterocycles. The lowest BCUT2D eigenvalue weighted by Gasteiger charge is -2.34. The second-order valence-electron chi connectivity index (χ2n) is 18.7. The summed E-state index contributed by atoms with van der Waals surface area (Å²) in [5.74, 6) is 1.84. The maximum absolute atomic E-state index is 14.2. The number of aliphatic imine (C=N–C) groups is 1. The molecule has 4 aliphatic rings. The summed E-state index contributed by atoms with van der Waals surface area (Å²) in [6.07, 6.45) is 4.57. The Morgan fingerprint density at radius 2 is 1.41 bits per heavy atom. The molecule has 5 aromatic rings. The highest BCUT2D eigenvalue weighted by molar-refractivity contribution is 8.77. The molecule has 5 aromatic carbocycles. The minimum absolute atomic E-state index is 0.00565. The molecule has 71 heavy (non-hydrogen) atoms. The summed E-state index contributed by atoms with van der Waals surface area (Å²) in [6.45, 7) is 9.28. The zero-order chi connectivity index (χ0) is 49.5. The first-order valence-electron chi connectivity index (χ1n) is 24.1. The highest BCUT2D eigenvalue weighted by atomic mass is 33.1. The molecule has 2 N–H and O–H groups in total. The molecule has 16 heteroatoms. The number of ether oxygens (including phenoxy) is 7. The molecule has 0 saturated heterocycles. The SMILES string of the molecule is COCCOCCOCCN(CC(C)(C)SSC)c1cc(COc2cc3c(cc2OC)C(=O)Nc2ccccc2C[C@@H]2CC2=N3)cc(COc2cc3c(cc2OC)C(=O)N2c4ccccc4C[C@H]2CN3)c1. The van der Waals surface area contributed by atoms with Gasteiger partial charge in [0.15, 0.2) is 23.0 Å². The van der Waals surface area contributed by atoms with Crippen LogP contribution in [0.15, 0.2) is 96.0 Å². The quantitative estimate of drug-likeness (QED) is 0.0502. The average molecular weight is 1000 g/mol. The lowest BCUT2D eigenvalue weighted by molar-refractivity contribution is 0.0264. The highest BCUT2D eigenvalue weighted by Gasteiger charge is 2.38. The lowest BCUT2D eigenvalue weighted by Crippen LogP contribution is -2.39. The van der Waals surface area contributed by atoms with E-state index >= 15 is 0 Å². The molecule has 0 radical (unpaired) electrons. The van der Waals surface area contributed by atoms with Crippen molar-refractivity contribution in [1.29, 1.82) is 0 Å². The van der Waals surface area contributed by atoms with Crippen LogP contribution in [0.5, 0.6) is 23.0 Å². The van der Waals surface area contributed by atoms with Crippen LogP contribution in [0.2, 0.25) is 0 Å². The number of rotatable bonds is 22. The van der Waals surface area contributed by atoms with Crippen LogP contribution in [0.3, 0.4) is 0 Å². The maximum atomic E-state index is 14.2. The van der Waals surface area contributed by atoms with Gasteiger partial charge in [-0.1, -0.05) is 58.0 Å². The Morgan fingerprint density at radius 3 is 2.14 bits per heavy atom. The fraction of sp³-hybridized carbons (Fsp3) is 0.400. The standard InChI is InChI=1S/C55H63N5O9S2/c1-55(2,71-70-6)34-59(15-16-66-19-20-67-18-17-63-3)40-22-35(32-68-51-29-46-43(28-50(51)65-5)54(62)60-41(31-56-46)25-38-12-8-10-14-48(38)60)21-36(23-40)33-69-52-30-47-42(27-49(52)64-4)53(61)58-44-13-9-7-11-37(44)24-39-26-45(39)57-47/h7-14,21-23,27-30,39,41,56H,15-20,24-26,31-34H2,1-6H3,(H,58,61)/t39-,41+/m1/s1. The van der Waals surface area contributed by atoms with E-state index in [9.17, 15) is 9.59 Å². The summed E-state index contributed by atoms with van der Waals surface area (Å²) in [5.41, 5.74) is 10.0. The molecule has 1 fully saturated rings. The van der Waals surface area contributed by atoms with Gasteiger partial charge in [0, 0.05) is 72.3 Å². The van der Waals surface area contributed by atoms with Crippen molar-refractivity contribution < 1.29 is 42.7 Å². The minimum atomic E-state index is -0.261. The van der Waals surface area contributed by atoms with Gasteiger partial charge in [-0.05, 0) is 104 Å². The van der Waals surface area contributed by atoms with Gasteiger partial charge in [0.1, 0.15) is 13.2 Å². The van der Waals surface area contributed by atoms with Gasteiger partial charge in [-0.15, -0.1) is 0 Å². The van der Waals surface area contributed by atoms with Crippen LogP contribution < -0.4 is 39.4 Å². The molecule has 9 rings (SSSR count). The third-order valence-electron chi connectivity index (χ3n) is 13.0. The zero-order valence-electron chi connectivity index (χ0n) is 41.3. The van der Waals surface area contributed by atoms with E-state index < -0.39 is 0 Å². The summed E-state index contributed by atoms with van der Waals surface area (Å²) >= 11 is 0. The van der Waals surface area contributed by atoms with Gasteiger partial charge in [-0.2, -0.15) is 0 Å². The third-order valence-corrected chi connectivity index (χ3v) is 15.6. The van der Waals surface area contributed by atoms with Crippen LogP contribution in [-0.2, 0) is 40.3 Å². The molecule has 0 spiro atoms. The van der Waals surface area contributed by atoms with Crippen LogP contribution in [0.4, 0.5) is 28.4 Å². The van der Waals surface area contributed by atoms with Crippen molar-refractivity contribution in [3.63, 3.8) is 0 Å². The number of carbonyl (C=O) groups excluding carboxylic acids is 2. The first-order chi connectivity index (χ1) is 34.5. The predicted octanol–water partition coefficient (Wildman–Crippen LogP) is 10.0. The number of hydrogen-bond donors (Lipinski definition) is 2. The Labute approximate surface area is 424 Å². The normalized spacial score (nSPS) is 16.6. The number of nitrogens with zero attached hydrogens (tertiary/aromatic N) is 3. The average Bonchev–Trinajstić information content (AvgIpc) is 4.02. The van der Waals surface area contributed by atoms with E-state index in [1.165, 1.54) is 5.56 Å². The van der Waals surface area contributed by atoms with Gasteiger partial charge in [0.2, 0.25) is 0 Å². The zero-order valence-corrected chi connectivity index (χ0v) is 43.0. The van der Waals surface area contributed by atoms with Crippen molar-refractivity contribution in [3.05, 3.63) is 124 Å². The fourth-order valence-corrected chi connectivity index (χ4v) is 11.7. The van der Waals surface area contributed by atoms with Gasteiger partial charge in [0.25, 0.3) is 11.8 Å². The van der Waals surface area contributed by atoms with Crippen molar-refractivity contribution in [2.75, 3.05) is 101 Å². The first-order valence-corrected chi connectivity index (χ1v) is 26.7. The number of carbonyl (C=O) groups is 2. The van der Waals surface area contributed by atoms with Crippen molar-refractivity contribution >= 4 is 67.6 Å². The Hall–Kier alpha value is -5.91. The Balaban J connectivity index is 1.01. The maximum Gasteiger partial charge on any atom is 0.260 e. The molecule has 3 aliphatic heterocycles. The molecule has 3 heterocycles. The number of nitrogens with one attached hydrogen (secondary N) is 2. The number of fused-ring (bicyclic) bond motifs is 7.